The summed E-state index contributed by atoms with van der Waals surface area (Å²) >= 11 is 0. The lowest BCUT2D eigenvalue weighted by Gasteiger charge is -2.57. The summed E-state index contributed by atoms with van der Waals surface area (Å²) in [5.41, 5.74) is 2.09. The van der Waals surface area contributed by atoms with Crippen LogP contribution in [0.5, 0.6) is 0 Å². The van der Waals surface area contributed by atoms with E-state index in [1.807, 2.05) is 6.07 Å². The lowest BCUT2D eigenvalue weighted by molar-refractivity contribution is -0.192. The fraction of sp³-hybridized carbons (Fsp3) is 0.500. The van der Waals surface area contributed by atoms with Gasteiger partial charge < -0.3 is 20.6 Å². The molecule has 0 aromatic carbocycles. The molecule has 132 valence electrons. The molecule has 24 heavy (non-hydrogen) atoms. The maximum atomic E-state index is 11.3. The van der Waals surface area contributed by atoms with Gasteiger partial charge in [0.25, 0.3) is 5.91 Å². The number of carboxylic acids is 1. The van der Waals surface area contributed by atoms with Gasteiger partial charge in [0.15, 0.2) is 0 Å². The maximum absolute atomic E-state index is 11.3. The minimum absolute atomic E-state index is 0.139. The second kappa shape index (κ2) is 6.63. The summed E-state index contributed by atoms with van der Waals surface area (Å²) in [6.45, 7) is 4.46. The second-order valence-electron chi connectivity index (χ2n) is 5.74. The van der Waals surface area contributed by atoms with E-state index in [1.165, 1.54) is 0 Å². The first-order chi connectivity index (χ1) is 11.2. The molecular formula is C14H17F3N4O3. The molecule has 2 saturated heterocycles. The number of halogens is 3. The van der Waals surface area contributed by atoms with E-state index in [2.05, 4.69) is 20.5 Å². The molecule has 2 aliphatic heterocycles. The standard InChI is InChI=1S/C12H16N4O.C2HF3O2/c1-13-11(17)10-3-2-9(4-15-10)16-7-12(8-16)5-14-6-12;3-2(4,5)1(6)7/h2-4,14H,5-8H2,1H3,(H,13,17);(H,6,7). The molecule has 0 saturated carbocycles. The van der Waals surface area contributed by atoms with E-state index in [4.69, 9.17) is 9.90 Å². The van der Waals surface area contributed by atoms with Crippen LogP contribution in [0.25, 0.3) is 0 Å². The van der Waals surface area contributed by atoms with Crippen molar-refractivity contribution in [2.45, 2.75) is 6.18 Å². The van der Waals surface area contributed by atoms with Gasteiger partial charge in [-0.05, 0) is 12.1 Å². The molecule has 1 aromatic heterocycles. The molecule has 1 amide bonds. The number of pyridine rings is 1. The van der Waals surface area contributed by atoms with Crippen LogP contribution in [0.4, 0.5) is 18.9 Å². The Labute approximate surface area is 135 Å². The summed E-state index contributed by atoms with van der Waals surface area (Å²) in [5, 5.41) is 13.0. The van der Waals surface area contributed by atoms with Gasteiger partial charge in [-0.25, -0.2) is 9.78 Å². The van der Waals surface area contributed by atoms with Gasteiger partial charge in [0.1, 0.15) is 5.69 Å². The summed E-state index contributed by atoms with van der Waals surface area (Å²) < 4.78 is 31.7. The zero-order chi connectivity index (χ0) is 18.0. The number of rotatable bonds is 2. The number of nitrogens with one attached hydrogen (secondary N) is 2. The predicted octanol–water partition coefficient (Wildman–Crippen LogP) is 0.484. The minimum atomic E-state index is -5.08. The van der Waals surface area contributed by atoms with Crippen molar-refractivity contribution in [3.05, 3.63) is 24.0 Å². The number of aliphatic carboxylic acids is 1. The molecular weight excluding hydrogens is 329 g/mol. The van der Waals surface area contributed by atoms with Crippen LogP contribution in [-0.2, 0) is 4.79 Å². The molecule has 0 radical (unpaired) electrons. The van der Waals surface area contributed by atoms with Crippen LogP contribution in [0.1, 0.15) is 10.5 Å². The van der Waals surface area contributed by atoms with Gasteiger partial charge in [-0.3, -0.25) is 4.79 Å². The van der Waals surface area contributed by atoms with Gasteiger partial charge in [0.2, 0.25) is 0 Å². The molecule has 0 unspecified atom stereocenters. The molecule has 1 spiro atoms. The number of carbonyl (C=O) groups excluding carboxylic acids is 1. The number of aromatic nitrogens is 1. The van der Waals surface area contributed by atoms with E-state index < -0.39 is 12.1 Å². The van der Waals surface area contributed by atoms with E-state index in [-0.39, 0.29) is 5.91 Å². The molecule has 0 aliphatic carbocycles. The zero-order valence-corrected chi connectivity index (χ0v) is 12.9. The third-order valence-electron chi connectivity index (χ3n) is 3.87. The predicted molar refractivity (Wildman–Crippen MR) is 78.8 cm³/mol. The highest BCUT2D eigenvalue weighted by Crippen LogP contribution is 2.36. The minimum Gasteiger partial charge on any atom is -0.475 e. The van der Waals surface area contributed by atoms with Crippen LogP contribution in [-0.4, -0.2) is 61.4 Å². The number of hydrogen-bond acceptors (Lipinski definition) is 5. The van der Waals surface area contributed by atoms with Crippen molar-refractivity contribution in [1.82, 2.24) is 15.6 Å². The average molecular weight is 346 g/mol. The van der Waals surface area contributed by atoms with Crippen LogP contribution in [0.3, 0.4) is 0 Å². The molecule has 3 N–H and O–H groups in total. The molecule has 10 heteroatoms. The quantitative estimate of drug-likeness (QED) is 0.721. The lowest BCUT2D eigenvalue weighted by atomic mass is 9.74. The number of hydrogen-bond donors (Lipinski definition) is 3. The average Bonchev–Trinajstić information content (AvgIpc) is 2.44. The fourth-order valence-corrected chi connectivity index (χ4v) is 2.48. The van der Waals surface area contributed by atoms with E-state index >= 15 is 0 Å². The zero-order valence-electron chi connectivity index (χ0n) is 12.9. The highest BCUT2D eigenvalue weighted by Gasteiger charge is 2.47. The first-order valence-electron chi connectivity index (χ1n) is 7.11. The molecule has 2 fully saturated rings. The number of amides is 1. The monoisotopic (exact) mass is 346 g/mol. The smallest absolute Gasteiger partial charge is 0.475 e. The number of anilines is 1. The van der Waals surface area contributed by atoms with E-state index in [0.717, 1.165) is 31.9 Å². The van der Waals surface area contributed by atoms with Crippen molar-refractivity contribution < 1.29 is 27.9 Å². The van der Waals surface area contributed by atoms with Crippen molar-refractivity contribution in [3.63, 3.8) is 0 Å². The number of alkyl halides is 3. The summed E-state index contributed by atoms with van der Waals surface area (Å²) in [6, 6.07) is 3.74. The Morgan fingerprint density at radius 3 is 2.25 bits per heavy atom. The highest BCUT2D eigenvalue weighted by molar-refractivity contribution is 5.92. The van der Waals surface area contributed by atoms with Crippen molar-refractivity contribution >= 4 is 17.6 Å². The van der Waals surface area contributed by atoms with Crippen LogP contribution in [0.15, 0.2) is 18.3 Å². The maximum Gasteiger partial charge on any atom is 0.490 e. The van der Waals surface area contributed by atoms with Gasteiger partial charge in [-0.2, -0.15) is 13.2 Å². The van der Waals surface area contributed by atoms with Gasteiger partial charge in [-0.1, -0.05) is 0 Å². The molecule has 7 nitrogen and oxygen atoms in total. The fourth-order valence-electron chi connectivity index (χ4n) is 2.48. The number of carboxylic acid groups (broad SMARTS) is 1. The first-order valence-corrected chi connectivity index (χ1v) is 7.11. The van der Waals surface area contributed by atoms with Crippen LogP contribution < -0.4 is 15.5 Å². The summed E-state index contributed by atoms with van der Waals surface area (Å²) in [6.07, 6.45) is -3.30. The lowest BCUT2D eigenvalue weighted by Crippen LogP contribution is -2.71. The van der Waals surface area contributed by atoms with E-state index in [1.54, 1.807) is 19.3 Å². The molecule has 2 aliphatic rings. The van der Waals surface area contributed by atoms with Gasteiger partial charge >= 0.3 is 12.1 Å². The normalized spacial score (nSPS) is 17.9. The molecule has 1 aromatic rings. The first kappa shape index (κ1) is 18.0. The Kier molecular flexibility index (Phi) is 4.97. The number of carbonyl (C=O) groups is 2. The molecule has 3 heterocycles. The second-order valence-corrected chi connectivity index (χ2v) is 5.74. The van der Waals surface area contributed by atoms with E-state index in [0.29, 0.717) is 11.1 Å². The Morgan fingerprint density at radius 2 is 1.92 bits per heavy atom. The van der Waals surface area contributed by atoms with Crippen molar-refractivity contribution in [1.29, 1.82) is 0 Å². The Hall–Kier alpha value is -2.36. The van der Waals surface area contributed by atoms with Crippen molar-refractivity contribution in [2.24, 2.45) is 5.41 Å². The van der Waals surface area contributed by atoms with Crippen LogP contribution in [0, 0.1) is 5.41 Å². The summed E-state index contributed by atoms with van der Waals surface area (Å²) in [4.78, 5) is 26.7. The largest absolute Gasteiger partial charge is 0.490 e. The molecule has 0 bridgehead atoms. The van der Waals surface area contributed by atoms with Crippen molar-refractivity contribution in [3.8, 4) is 0 Å². The topological polar surface area (TPSA) is 94.6 Å². The van der Waals surface area contributed by atoms with E-state index in [9.17, 15) is 18.0 Å². The van der Waals surface area contributed by atoms with Gasteiger partial charge in [0.05, 0.1) is 11.9 Å². The Balaban J connectivity index is 0.000000256. The Morgan fingerprint density at radius 1 is 1.33 bits per heavy atom. The van der Waals surface area contributed by atoms with Crippen LogP contribution >= 0.6 is 0 Å². The van der Waals surface area contributed by atoms with Gasteiger partial charge in [0, 0.05) is 38.6 Å². The summed E-state index contributed by atoms with van der Waals surface area (Å²) in [5.74, 6) is -2.90. The van der Waals surface area contributed by atoms with Gasteiger partial charge in [-0.15, -0.1) is 0 Å². The molecule has 0 atom stereocenters. The summed E-state index contributed by atoms with van der Waals surface area (Å²) in [7, 11) is 1.61. The SMILES string of the molecule is CNC(=O)c1ccc(N2CC3(CNC3)C2)cn1.O=C(O)C(F)(F)F. The highest BCUT2D eigenvalue weighted by atomic mass is 19.4. The van der Waals surface area contributed by atoms with Crippen LogP contribution in [0.2, 0.25) is 0 Å². The van der Waals surface area contributed by atoms with Crippen molar-refractivity contribution in [2.75, 3.05) is 38.1 Å². The number of nitrogens with zero attached hydrogens (tertiary/aromatic N) is 2. The third kappa shape index (κ3) is 3.94. The Bertz CT molecular complexity index is 607. The third-order valence-corrected chi connectivity index (χ3v) is 3.87. The molecule has 3 rings (SSSR count).